The third kappa shape index (κ3) is 90.9. The second-order valence-electron chi connectivity index (χ2n) is 44.9. The van der Waals surface area contributed by atoms with Crippen molar-refractivity contribution in [1.82, 2.24) is 0 Å². The van der Waals surface area contributed by atoms with E-state index in [0.717, 1.165) is 167 Å². The van der Waals surface area contributed by atoms with Gasteiger partial charge in [-0.25, -0.2) is 0 Å². The summed E-state index contributed by atoms with van der Waals surface area (Å²) < 4.78 is 11.1. The number of epoxide rings is 2. The molecule has 2 saturated heterocycles. The number of aliphatic hydroxyl groups is 6. The lowest BCUT2D eigenvalue weighted by Gasteiger charge is -2.20. The number of hydrogen-bond acceptors (Lipinski definition) is 8. The predicted molar refractivity (Wildman–Crippen MR) is 572 cm³/mol. The zero-order valence-corrected chi connectivity index (χ0v) is 91.5. The zero-order chi connectivity index (χ0) is 97.7. The van der Waals surface area contributed by atoms with Gasteiger partial charge < -0.3 is 40.1 Å². The summed E-state index contributed by atoms with van der Waals surface area (Å²) in [7, 11) is 0. The van der Waals surface area contributed by atoms with E-state index in [0.29, 0.717) is 0 Å². The van der Waals surface area contributed by atoms with Crippen LogP contribution in [0.1, 0.15) is 516 Å². The molecule has 2 aliphatic rings. The molecular weight excluding hydrogens is 1570 g/mol. The molecule has 6 N–H and O–H groups in total. The van der Waals surface area contributed by atoms with Crippen LogP contribution >= 0.6 is 0 Å². The van der Waals surface area contributed by atoms with E-state index in [1.165, 1.54) is 262 Å². The van der Waals surface area contributed by atoms with Crippen LogP contribution in [0.4, 0.5) is 0 Å². The first-order valence-corrected chi connectivity index (χ1v) is 54.0. The van der Waals surface area contributed by atoms with E-state index in [2.05, 4.69) is 244 Å². The Bertz CT molecular complexity index is 2790. The van der Waals surface area contributed by atoms with Crippen LogP contribution in [0.5, 0.6) is 0 Å². The normalized spacial score (nSPS) is 19.2. The summed E-state index contributed by atoms with van der Waals surface area (Å²) in [5, 5.41) is 54.5. The molecule has 0 aliphatic carbocycles. The maximum absolute atomic E-state index is 9.89. The minimum absolute atomic E-state index is 0.0145. The smallest absolute Gasteiger partial charge is 0.110 e. The summed E-state index contributed by atoms with van der Waals surface area (Å²) in [6.07, 6.45) is 82.8. The maximum atomic E-state index is 9.89. The molecule has 0 aromatic carbocycles. The molecule has 756 valence electrons. The van der Waals surface area contributed by atoms with Crippen molar-refractivity contribution in [2.24, 2.45) is 71.0 Å². The highest BCUT2D eigenvalue weighted by atomic mass is 16.6. The summed E-state index contributed by atoms with van der Waals surface area (Å²) in [5.41, 5.74) is 11.9. The van der Waals surface area contributed by atoms with Gasteiger partial charge in [0.05, 0.1) is 49.8 Å². The van der Waals surface area contributed by atoms with E-state index >= 15 is 0 Å². The third-order valence-corrected chi connectivity index (χ3v) is 27.3. The second-order valence-corrected chi connectivity index (χ2v) is 44.9. The molecule has 2 fully saturated rings. The van der Waals surface area contributed by atoms with Crippen molar-refractivity contribution < 1.29 is 40.1 Å². The van der Waals surface area contributed by atoms with Crippen molar-refractivity contribution in [2.45, 2.75) is 545 Å². The van der Waals surface area contributed by atoms with Gasteiger partial charge in [-0.15, -0.1) is 6.58 Å². The van der Waals surface area contributed by atoms with Gasteiger partial charge >= 0.3 is 0 Å². The predicted octanol–water partition coefficient (Wildman–Crippen LogP) is 36.1. The minimum Gasteiger partial charge on any atom is -0.394 e. The number of ether oxygens (including phenoxy) is 2. The SMILES string of the molecule is C/C(=C\CO)CCCC(C)CCCC(C)CCCC(C)C.C/C(=C\CO)CCCC(C)CCCC(C)CCCC(C)C.C=CC(C)(O)CCCC(C)CCCC(C)CCCC(C)C.CC(C)=CCC/C(C)=C/CC/C(C)=C/CC/C(C)=C/CO.CC(C)=CCC/C(C)=C/CC/C(C)=C/CCC1(C)OC1CO.CC(C)CCCC(C)CCCC(C)CCCC1(C)OC1CO. The molecular formula is C120H228O8. The molecule has 8 nitrogen and oxygen atoms in total. The van der Waals surface area contributed by atoms with Gasteiger partial charge in [-0.1, -0.05) is 414 Å². The highest BCUT2D eigenvalue weighted by Crippen LogP contribution is 2.42. The Kier molecular flexibility index (Phi) is 86.8. The second kappa shape index (κ2) is 84.6. The summed E-state index contributed by atoms with van der Waals surface area (Å²) in [6, 6.07) is 0. The van der Waals surface area contributed by atoms with E-state index < -0.39 is 5.60 Å². The fraction of sp³-hybridized carbons (Fsp3) is 0.833. The fourth-order valence-electron chi connectivity index (χ4n) is 17.2. The van der Waals surface area contributed by atoms with Crippen molar-refractivity contribution >= 4 is 0 Å². The Labute approximate surface area is 801 Å². The average molecular weight is 1800 g/mol. The van der Waals surface area contributed by atoms with E-state index in [1.54, 1.807) is 6.08 Å². The van der Waals surface area contributed by atoms with Crippen LogP contribution in [0.2, 0.25) is 0 Å². The van der Waals surface area contributed by atoms with Crippen LogP contribution in [-0.4, -0.2) is 92.7 Å². The van der Waals surface area contributed by atoms with Crippen LogP contribution < -0.4 is 0 Å². The number of aliphatic hydroxyl groups excluding tert-OH is 5. The quantitative estimate of drug-likeness (QED) is 0.0261. The molecule has 13 unspecified atom stereocenters. The number of rotatable bonds is 72. The van der Waals surface area contributed by atoms with Crippen LogP contribution in [-0.2, 0) is 9.47 Å². The molecule has 0 amide bonds. The molecule has 2 aliphatic heterocycles. The Morgan fingerprint density at radius 3 is 0.727 bits per heavy atom. The molecule has 0 spiro atoms. The topological polar surface area (TPSA) is 146 Å². The molecule has 8 heteroatoms. The van der Waals surface area contributed by atoms with Gasteiger partial charge in [-0.3, -0.25) is 0 Å². The van der Waals surface area contributed by atoms with E-state index in [1.807, 2.05) is 25.2 Å². The monoisotopic (exact) mass is 1800 g/mol. The molecule has 0 aromatic heterocycles. The van der Waals surface area contributed by atoms with Gasteiger partial charge in [-0.2, -0.15) is 0 Å². The standard InChI is InChI=1S/C20H40O2.C20H34O2.2C20H40O.C20H34O.C20H40O/c2*1-16(2)9-6-10-17(3)11-7-12-18(4)13-8-14-20(5)19(15-21)22-20;3*1-17(2)9-6-10-18(3)11-7-12-19(4)13-8-14-20(5)15-16-21;1-7-20(6,21)16-10-15-19(5)14-9-13-18(4)12-8-11-17(2)3/h16-19,21H,6-15H2,1-5H3;9,11,13,19,21H,6-8,10,12,14-15H2,1-5H3;2*15,17-19,21H,6-14,16H2,1-5H3;9,11,13,15,21H,6-8,10,12,14,16H2,1-5H3;7,17-19,21H,1,8-16H2,2-6H3/b;17-11+,18-13+;2*20-15+;18-11+,19-13+,20-15+;. The van der Waals surface area contributed by atoms with Crippen LogP contribution in [0.25, 0.3) is 0 Å². The first kappa shape index (κ1) is 131. The van der Waals surface area contributed by atoms with Crippen LogP contribution in [0.15, 0.2) is 117 Å². The Morgan fingerprint density at radius 2 is 0.492 bits per heavy atom. The third-order valence-electron chi connectivity index (χ3n) is 27.3. The lowest BCUT2D eigenvalue weighted by atomic mass is 9.90. The zero-order valence-electron chi connectivity index (χ0n) is 91.5. The van der Waals surface area contributed by atoms with Gasteiger partial charge in [-0.05, 0) is 284 Å². The van der Waals surface area contributed by atoms with E-state index in [4.69, 9.17) is 35.0 Å². The summed E-state index contributed by atoms with van der Waals surface area (Å²) >= 11 is 0. The van der Waals surface area contributed by atoms with Gasteiger partial charge in [0.25, 0.3) is 0 Å². The summed E-state index contributed by atoms with van der Waals surface area (Å²) in [6.45, 7) is 72.3. The van der Waals surface area contributed by atoms with Crippen molar-refractivity contribution in [1.29, 1.82) is 0 Å². The van der Waals surface area contributed by atoms with Crippen molar-refractivity contribution in [3.05, 3.63) is 117 Å². The highest BCUT2D eigenvalue weighted by Gasteiger charge is 2.51. The first-order chi connectivity index (χ1) is 60.4. The lowest BCUT2D eigenvalue weighted by molar-refractivity contribution is 0.0974. The molecule has 0 bridgehead atoms. The Morgan fingerprint density at radius 1 is 0.281 bits per heavy atom. The van der Waals surface area contributed by atoms with Gasteiger partial charge in [0, 0.05) is 0 Å². The molecule has 2 heterocycles. The fourth-order valence-corrected chi connectivity index (χ4v) is 17.2. The lowest BCUT2D eigenvalue weighted by Crippen LogP contribution is -2.20. The van der Waals surface area contributed by atoms with Crippen LogP contribution in [0, 0.1) is 71.0 Å². The first-order valence-electron chi connectivity index (χ1n) is 54.0. The minimum atomic E-state index is -0.676. The number of allylic oxidation sites excluding steroid dienone is 15. The van der Waals surface area contributed by atoms with Gasteiger partial charge in [0.15, 0.2) is 0 Å². The highest BCUT2D eigenvalue weighted by molar-refractivity contribution is 5.10. The van der Waals surface area contributed by atoms with Crippen molar-refractivity contribution in [3.63, 3.8) is 0 Å². The molecule has 0 aromatic rings. The van der Waals surface area contributed by atoms with Crippen molar-refractivity contribution in [2.75, 3.05) is 33.0 Å². The van der Waals surface area contributed by atoms with E-state index in [-0.39, 0.29) is 56.4 Å². The Balaban J connectivity index is -0.000000721. The number of hydrogen-bond donors (Lipinski definition) is 6. The molecule has 0 radical (unpaired) electrons. The average Bonchev–Trinajstić information content (AvgIpc) is 1.64. The van der Waals surface area contributed by atoms with Gasteiger partial charge in [0.2, 0.25) is 0 Å². The van der Waals surface area contributed by atoms with E-state index in [9.17, 15) is 5.11 Å². The summed E-state index contributed by atoms with van der Waals surface area (Å²) in [4.78, 5) is 0. The largest absolute Gasteiger partial charge is 0.394 e. The maximum Gasteiger partial charge on any atom is 0.110 e. The molecule has 13 atom stereocenters. The molecule has 128 heavy (non-hydrogen) atoms. The van der Waals surface area contributed by atoms with Crippen LogP contribution in [0.3, 0.4) is 0 Å². The molecule has 2 rings (SSSR count). The Hall–Kier alpha value is -2.92. The summed E-state index contributed by atoms with van der Waals surface area (Å²) in [5.74, 6) is 10.4. The molecule has 0 saturated carbocycles. The van der Waals surface area contributed by atoms with Gasteiger partial charge in [0.1, 0.15) is 12.2 Å². The van der Waals surface area contributed by atoms with Crippen molar-refractivity contribution in [3.8, 4) is 0 Å².